The van der Waals surface area contributed by atoms with Crippen LogP contribution < -0.4 is 4.74 Å². The van der Waals surface area contributed by atoms with Crippen molar-refractivity contribution in [2.75, 3.05) is 6.61 Å². The molecule has 21 heavy (non-hydrogen) atoms. The van der Waals surface area contributed by atoms with E-state index >= 15 is 0 Å². The van der Waals surface area contributed by atoms with Gasteiger partial charge in [0.1, 0.15) is 11.5 Å². The maximum Gasteiger partial charge on any atom is 0.196 e. The first-order chi connectivity index (χ1) is 9.90. The van der Waals surface area contributed by atoms with E-state index in [4.69, 9.17) is 4.74 Å². The molecule has 0 fully saturated rings. The Morgan fingerprint density at radius 2 is 1.71 bits per heavy atom. The Labute approximate surface area is 118 Å². The largest absolute Gasteiger partial charge is 0.507 e. The summed E-state index contributed by atoms with van der Waals surface area (Å²) in [5.74, 6) is -5.18. The maximum atomic E-state index is 12.5. The Bertz CT molecular complexity index is 702. The van der Waals surface area contributed by atoms with Crippen molar-refractivity contribution in [3.63, 3.8) is 0 Å². The molecule has 2 aliphatic rings. The number of allylic oxidation sites excluding steroid dienone is 1. The van der Waals surface area contributed by atoms with E-state index in [9.17, 15) is 30.3 Å². The molecule has 3 rings (SSSR count). The molecule has 1 aliphatic heterocycles. The van der Waals surface area contributed by atoms with Crippen LogP contribution in [0.3, 0.4) is 0 Å². The predicted molar refractivity (Wildman–Crippen MR) is 69.6 cm³/mol. The van der Waals surface area contributed by atoms with Gasteiger partial charge in [0.25, 0.3) is 0 Å². The van der Waals surface area contributed by atoms with Crippen LogP contribution in [-0.2, 0) is 0 Å². The molecule has 1 heterocycles. The van der Waals surface area contributed by atoms with Gasteiger partial charge in [0, 0.05) is 12.0 Å². The quantitative estimate of drug-likeness (QED) is 0.460. The second-order valence-electron chi connectivity index (χ2n) is 4.94. The fraction of sp³-hybridized carbons (Fsp3) is 0.214. The number of Topliss-reactive ketones (excluding diaryl/α,β-unsaturated/α-hetero) is 1. The Morgan fingerprint density at radius 3 is 2.43 bits per heavy atom. The summed E-state index contributed by atoms with van der Waals surface area (Å²) in [6.45, 7) is -0.0466. The number of phenolic OH excluding ortho intramolecular Hbond substituents is 2. The third kappa shape index (κ3) is 1.85. The molecule has 0 saturated carbocycles. The molecule has 0 amide bonds. The van der Waals surface area contributed by atoms with Crippen molar-refractivity contribution >= 4 is 5.78 Å². The highest BCUT2D eigenvalue weighted by Gasteiger charge is 2.41. The number of carbonyl (C=O) groups is 1. The number of carbonyl (C=O) groups excluding carboxylic acids is 1. The van der Waals surface area contributed by atoms with E-state index in [1.54, 1.807) is 0 Å². The van der Waals surface area contributed by atoms with Gasteiger partial charge in [-0.05, 0) is 12.1 Å². The van der Waals surface area contributed by atoms with Gasteiger partial charge in [-0.25, -0.2) is 0 Å². The fourth-order valence-electron chi connectivity index (χ4n) is 2.55. The van der Waals surface area contributed by atoms with Gasteiger partial charge in [0.15, 0.2) is 28.8 Å². The Kier molecular flexibility index (Phi) is 2.72. The first-order valence-corrected chi connectivity index (χ1v) is 6.16. The molecule has 0 aromatic heterocycles. The van der Waals surface area contributed by atoms with Crippen molar-refractivity contribution in [3.8, 4) is 17.2 Å². The predicted octanol–water partition coefficient (Wildman–Crippen LogP) is 1.69. The standard InChI is InChI=1S/C14H12O7/c15-7-2-6-10(3-8(7)16)21-4-5-1-9(17)13(19)14(20)11(5)12(6)18/h1-3,5,11,15-17,19-20H,4H2. The SMILES string of the molecule is O=C1c2cc(O)c(O)cc2OCC2C=C(O)C(O)=C(O)C12. The first kappa shape index (κ1) is 13.2. The third-order valence-electron chi connectivity index (χ3n) is 3.64. The van der Waals surface area contributed by atoms with Gasteiger partial charge in [-0.15, -0.1) is 0 Å². The second-order valence-corrected chi connectivity index (χ2v) is 4.94. The fourth-order valence-corrected chi connectivity index (χ4v) is 2.55. The smallest absolute Gasteiger partial charge is 0.196 e. The average Bonchev–Trinajstić information content (AvgIpc) is 2.56. The van der Waals surface area contributed by atoms with E-state index in [1.807, 2.05) is 0 Å². The number of hydrogen-bond acceptors (Lipinski definition) is 7. The van der Waals surface area contributed by atoms with Gasteiger partial charge in [-0.2, -0.15) is 0 Å². The minimum atomic E-state index is -1.12. The lowest BCUT2D eigenvalue weighted by Gasteiger charge is -2.24. The van der Waals surface area contributed by atoms with Gasteiger partial charge < -0.3 is 30.3 Å². The minimum absolute atomic E-state index is 0.0214. The summed E-state index contributed by atoms with van der Waals surface area (Å²) in [6.07, 6.45) is 1.23. The molecule has 2 unspecified atom stereocenters. The van der Waals surface area contributed by atoms with Crippen LogP contribution in [0.5, 0.6) is 17.2 Å². The van der Waals surface area contributed by atoms with Crippen LogP contribution in [0.25, 0.3) is 0 Å². The molecule has 7 nitrogen and oxygen atoms in total. The van der Waals surface area contributed by atoms with E-state index < -0.39 is 46.4 Å². The lowest BCUT2D eigenvalue weighted by atomic mass is 9.81. The van der Waals surface area contributed by atoms with Gasteiger partial charge >= 0.3 is 0 Å². The summed E-state index contributed by atoms with van der Waals surface area (Å²) in [7, 11) is 0. The molecule has 2 atom stereocenters. The number of ketones is 1. The number of aliphatic hydroxyl groups is 3. The molecule has 1 aromatic rings. The van der Waals surface area contributed by atoms with Crippen LogP contribution in [0.2, 0.25) is 0 Å². The summed E-state index contributed by atoms with van der Waals surface area (Å²) in [6, 6.07) is 2.14. The molecule has 7 heteroatoms. The molecule has 1 aliphatic carbocycles. The molecule has 0 bridgehead atoms. The Hall–Kier alpha value is -2.83. The summed E-state index contributed by atoms with van der Waals surface area (Å²) in [5, 5.41) is 48.0. The second kappa shape index (κ2) is 4.34. The molecule has 110 valence electrons. The molecule has 0 radical (unpaired) electrons. The summed E-state index contributed by atoms with van der Waals surface area (Å²) >= 11 is 0. The molecule has 5 N–H and O–H groups in total. The van der Waals surface area contributed by atoms with Crippen molar-refractivity contribution in [2.24, 2.45) is 11.8 Å². The zero-order chi connectivity index (χ0) is 15.3. The third-order valence-corrected chi connectivity index (χ3v) is 3.64. The minimum Gasteiger partial charge on any atom is -0.507 e. The highest BCUT2D eigenvalue weighted by Crippen LogP contribution is 2.41. The number of benzene rings is 1. The lowest BCUT2D eigenvalue weighted by molar-refractivity contribution is 0.0851. The zero-order valence-corrected chi connectivity index (χ0v) is 10.6. The number of ether oxygens (including phenoxy) is 1. The lowest BCUT2D eigenvalue weighted by Crippen LogP contribution is -2.30. The van der Waals surface area contributed by atoms with Gasteiger partial charge in [0.2, 0.25) is 0 Å². The van der Waals surface area contributed by atoms with Gasteiger partial charge in [-0.1, -0.05) is 0 Å². The molecular formula is C14H12O7. The van der Waals surface area contributed by atoms with Crippen LogP contribution in [0, 0.1) is 11.8 Å². The van der Waals surface area contributed by atoms with Crippen LogP contribution in [0.1, 0.15) is 10.4 Å². The van der Waals surface area contributed by atoms with Crippen molar-refractivity contribution in [3.05, 3.63) is 41.0 Å². The number of hydrogen-bond donors (Lipinski definition) is 5. The molecule has 1 aromatic carbocycles. The summed E-state index contributed by atoms with van der Waals surface area (Å²) in [5.41, 5.74) is -0.0214. The molecular weight excluding hydrogens is 280 g/mol. The number of rotatable bonds is 0. The number of aromatic hydroxyl groups is 2. The van der Waals surface area contributed by atoms with E-state index in [2.05, 4.69) is 0 Å². The van der Waals surface area contributed by atoms with E-state index in [1.165, 1.54) is 6.08 Å². The number of fused-ring (bicyclic) bond motifs is 2. The average molecular weight is 292 g/mol. The van der Waals surface area contributed by atoms with Crippen LogP contribution in [0.15, 0.2) is 35.5 Å². The van der Waals surface area contributed by atoms with Crippen LogP contribution >= 0.6 is 0 Å². The van der Waals surface area contributed by atoms with E-state index in [-0.39, 0.29) is 17.9 Å². The summed E-state index contributed by atoms with van der Waals surface area (Å²) in [4.78, 5) is 12.5. The normalized spacial score (nSPS) is 24.6. The van der Waals surface area contributed by atoms with Gasteiger partial charge in [-0.3, -0.25) is 4.79 Å². The van der Waals surface area contributed by atoms with Crippen molar-refractivity contribution in [1.29, 1.82) is 0 Å². The zero-order valence-electron chi connectivity index (χ0n) is 10.6. The van der Waals surface area contributed by atoms with Crippen molar-refractivity contribution < 1.29 is 35.1 Å². The molecule has 0 saturated heterocycles. The van der Waals surface area contributed by atoms with Crippen LogP contribution in [-0.4, -0.2) is 37.9 Å². The Morgan fingerprint density at radius 1 is 1.05 bits per heavy atom. The highest BCUT2D eigenvalue weighted by molar-refractivity contribution is 6.03. The molecule has 0 spiro atoms. The number of phenols is 2. The van der Waals surface area contributed by atoms with Gasteiger partial charge in [0.05, 0.1) is 18.1 Å². The summed E-state index contributed by atoms with van der Waals surface area (Å²) < 4.78 is 5.39. The monoisotopic (exact) mass is 292 g/mol. The van der Waals surface area contributed by atoms with Crippen molar-refractivity contribution in [2.45, 2.75) is 0 Å². The first-order valence-electron chi connectivity index (χ1n) is 6.16. The topological polar surface area (TPSA) is 127 Å². The number of aliphatic hydroxyl groups excluding tert-OH is 3. The highest BCUT2D eigenvalue weighted by atomic mass is 16.5. The van der Waals surface area contributed by atoms with E-state index in [0.29, 0.717) is 0 Å². The van der Waals surface area contributed by atoms with Crippen molar-refractivity contribution in [1.82, 2.24) is 0 Å². The van der Waals surface area contributed by atoms with Crippen LogP contribution in [0.4, 0.5) is 0 Å². The maximum absolute atomic E-state index is 12.5. The van der Waals surface area contributed by atoms with E-state index in [0.717, 1.165) is 12.1 Å². The Balaban J connectivity index is 2.14.